The first-order valence-corrected chi connectivity index (χ1v) is 9.32. The van der Waals surface area contributed by atoms with Gasteiger partial charge in [-0.15, -0.1) is 0 Å². The zero-order valence-corrected chi connectivity index (χ0v) is 13.8. The molecule has 0 spiro atoms. The van der Waals surface area contributed by atoms with Crippen molar-refractivity contribution in [2.75, 3.05) is 24.4 Å². The van der Waals surface area contributed by atoms with E-state index in [1.807, 2.05) is 13.8 Å². The van der Waals surface area contributed by atoms with Crippen molar-refractivity contribution in [3.63, 3.8) is 0 Å². The summed E-state index contributed by atoms with van der Waals surface area (Å²) in [5.74, 6) is 0. The number of fused-ring (bicyclic) bond motifs is 1. The molecule has 1 aromatic rings. The first kappa shape index (κ1) is 15.2. The van der Waals surface area contributed by atoms with Crippen LogP contribution in [0.5, 0.6) is 0 Å². The zero-order valence-electron chi connectivity index (χ0n) is 12.1. The van der Waals surface area contributed by atoms with Crippen molar-refractivity contribution in [2.45, 2.75) is 39.0 Å². The molecule has 0 aromatic carbocycles. The standard InChI is InChI=1S/C12H20N4O3S2/c1-8-6-16(7-9(2)19-8)21(17,18)15-12-14-10-3-4-13-5-11(10)20-12/h8-9,13H,3-7H2,1-2H3,(H,14,15). The van der Waals surface area contributed by atoms with Crippen molar-refractivity contribution in [1.82, 2.24) is 14.6 Å². The number of rotatable bonds is 3. The van der Waals surface area contributed by atoms with Gasteiger partial charge >= 0.3 is 10.2 Å². The lowest BCUT2D eigenvalue weighted by Crippen LogP contribution is -2.49. The fourth-order valence-corrected chi connectivity index (χ4v) is 5.19. The van der Waals surface area contributed by atoms with E-state index in [1.54, 1.807) is 0 Å². The van der Waals surface area contributed by atoms with E-state index in [9.17, 15) is 8.42 Å². The Kier molecular flexibility index (Phi) is 4.19. The molecule has 0 radical (unpaired) electrons. The van der Waals surface area contributed by atoms with E-state index in [0.29, 0.717) is 18.2 Å². The molecule has 0 aliphatic carbocycles. The molecule has 1 aromatic heterocycles. The van der Waals surface area contributed by atoms with Crippen LogP contribution < -0.4 is 10.0 Å². The average molecular weight is 332 g/mol. The van der Waals surface area contributed by atoms with Crippen molar-refractivity contribution in [3.8, 4) is 0 Å². The molecule has 0 amide bonds. The monoisotopic (exact) mass is 332 g/mol. The maximum Gasteiger partial charge on any atom is 0.303 e. The molecule has 2 atom stereocenters. The van der Waals surface area contributed by atoms with Gasteiger partial charge in [0.2, 0.25) is 0 Å². The minimum Gasteiger partial charge on any atom is -0.373 e. The Morgan fingerprint density at radius 3 is 2.76 bits per heavy atom. The molecule has 3 rings (SSSR count). The molecule has 7 nitrogen and oxygen atoms in total. The Morgan fingerprint density at radius 1 is 1.38 bits per heavy atom. The van der Waals surface area contributed by atoms with Crippen LogP contribution in [-0.2, 0) is 27.9 Å². The van der Waals surface area contributed by atoms with E-state index in [4.69, 9.17) is 4.74 Å². The maximum atomic E-state index is 12.5. The van der Waals surface area contributed by atoms with E-state index in [2.05, 4.69) is 15.0 Å². The molecule has 0 saturated carbocycles. The Bertz CT molecular complexity index is 583. The number of nitrogens with one attached hydrogen (secondary N) is 2. The highest BCUT2D eigenvalue weighted by Crippen LogP contribution is 2.27. The van der Waals surface area contributed by atoms with Crippen LogP contribution in [0.1, 0.15) is 24.4 Å². The van der Waals surface area contributed by atoms with E-state index in [1.165, 1.54) is 15.6 Å². The first-order valence-electron chi connectivity index (χ1n) is 7.06. The molecule has 2 aliphatic rings. The number of thiazole rings is 1. The summed E-state index contributed by atoms with van der Waals surface area (Å²) in [5.41, 5.74) is 1.00. The van der Waals surface area contributed by atoms with Crippen molar-refractivity contribution >= 4 is 26.7 Å². The van der Waals surface area contributed by atoms with Gasteiger partial charge in [-0.1, -0.05) is 11.3 Å². The van der Waals surface area contributed by atoms with E-state index < -0.39 is 10.2 Å². The highest BCUT2D eigenvalue weighted by atomic mass is 32.2. The summed E-state index contributed by atoms with van der Waals surface area (Å²) in [6.45, 7) is 6.15. The summed E-state index contributed by atoms with van der Waals surface area (Å²) < 4.78 is 34.6. The third-order valence-electron chi connectivity index (χ3n) is 3.54. The lowest BCUT2D eigenvalue weighted by Gasteiger charge is -2.34. The van der Waals surface area contributed by atoms with Gasteiger partial charge in [-0.2, -0.15) is 12.7 Å². The van der Waals surface area contributed by atoms with Gasteiger partial charge in [0.25, 0.3) is 0 Å². The normalized spacial score (nSPS) is 27.3. The van der Waals surface area contributed by atoms with Gasteiger partial charge in [0.15, 0.2) is 5.13 Å². The molecule has 118 valence electrons. The molecule has 9 heteroatoms. The fourth-order valence-electron chi connectivity index (χ4n) is 2.67. The second-order valence-electron chi connectivity index (χ2n) is 5.50. The highest BCUT2D eigenvalue weighted by Gasteiger charge is 2.31. The Morgan fingerprint density at radius 2 is 2.10 bits per heavy atom. The van der Waals surface area contributed by atoms with E-state index in [-0.39, 0.29) is 12.2 Å². The number of anilines is 1. The predicted molar refractivity (Wildman–Crippen MR) is 81.6 cm³/mol. The predicted octanol–water partition coefficient (Wildman–Crippen LogP) is 0.555. The van der Waals surface area contributed by atoms with Crippen LogP contribution in [0.15, 0.2) is 0 Å². The number of hydrogen-bond donors (Lipinski definition) is 2. The molecular weight excluding hydrogens is 312 g/mol. The third kappa shape index (κ3) is 3.37. The van der Waals surface area contributed by atoms with Crippen LogP contribution in [0.2, 0.25) is 0 Å². The topological polar surface area (TPSA) is 83.6 Å². The smallest absolute Gasteiger partial charge is 0.303 e. The number of ether oxygens (including phenoxy) is 1. The Hall–Kier alpha value is -0.740. The van der Waals surface area contributed by atoms with Gasteiger partial charge in [0.1, 0.15) is 0 Å². The van der Waals surface area contributed by atoms with Gasteiger partial charge < -0.3 is 10.1 Å². The molecule has 0 bridgehead atoms. The number of morpholine rings is 1. The summed E-state index contributed by atoms with van der Waals surface area (Å²) in [5, 5.41) is 3.71. The summed E-state index contributed by atoms with van der Waals surface area (Å²) in [6, 6.07) is 0. The van der Waals surface area contributed by atoms with E-state index in [0.717, 1.165) is 30.1 Å². The van der Waals surface area contributed by atoms with Gasteiger partial charge in [-0.3, -0.25) is 0 Å². The lowest BCUT2D eigenvalue weighted by molar-refractivity contribution is -0.0439. The summed E-state index contributed by atoms with van der Waals surface area (Å²) in [6.07, 6.45) is 0.650. The van der Waals surface area contributed by atoms with Gasteiger partial charge in [-0.25, -0.2) is 9.71 Å². The fraction of sp³-hybridized carbons (Fsp3) is 0.750. The van der Waals surface area contributed by atoms with Crippen LogP contribution in [0.3, 0.4) is 0 Å². The highest BCUT2D eigenvalue weighted by molar-refractivity contribution is 7.90. The van der Waals surface area contributed by atoms with Crippen molar-refractivity contribution in [2.24, 2.45) is 0 Å². The summed E-state index contributed by atoms with van der Waals surface area (Å²) in [4.78, 5) is 5.51. The second kappa shape index (κ2) is 5.81. The van der Waals surface area contributed by atoms with E-state index >= 15 is 0 Å². The molecular formula is C12H20N4O3S2. The molecule has 2 unspecified atom stereocenters. The van der Waals surface area contributed by atoms with Crippen LogP contribution in [0.25, 0.3) is 0 Å². The third-order valence-corrected chi connectivity index (χ3v) is 6.12. The molecule has 2 N–H and O–H groups in total. The summed E-state index contributed by atoms with van der Waals surface area (Å²) >= 11 is 1.41. The molecule has 21 heavy (non-hydrogen) atoms. The second-order valence-corrected chi connectivity index (χ2v) is 8.25. The Labute approximate surface area is 128 Å². The van der Waals surface area contributed by atoms with Gasteiger partial charge in [0, 0.05) is 37.5 Å². The van der Waals surface area contributed by atoms with Crippen molar-refractivity contribution in [1.29, 1.82) is 0 Å². The van der Waals surface area contributed by atoms with Crippen LogP contribution in [-0.4, -0.2) is 49.5 Å². The first-order chi connectivity index (χ1) is 9.94. The maximum absolute atomic E-state index is 12.5. The quantitative estimate of drug-likeness (QED) is 0.845. The van der Waals surface area contributed by atoms with Crippen LogP contribution >= 0.6 is 11.3 Å². The molecule has 1 saturated heterocycles. The minimum absolute atomic E-state index is 0.0981. The Balaban J connectivity index is 1.75. The summed E-state index contributed by atoms with van der Waals surface area (Å²) in [7, 11) is -3.57. The van der Waals surface area contributed by atoms with Crippen molar-refractivity contribution < 1.29 is 13.2 Å². The average Bonchev–Trinajstić information content (AvgIpc) is 2.78. The molecule has 3 heterocycles. The van der Waals surface area contributed by atoms with Crippen LogP contribution in [0.4, 0.5) is 5.13 Å². The lowest BCUT2D eigenvalue weighted by atomic mass is 10.2. The number of nitrogens with zero attached hydrogens (tertiary/aromatic N) is 2. The SMILES string of the molecule is CC1CN(S(=O)(=O)Nc2nc3c(s2)CNCC3)CC(C)O1. The molecule has 1 fully saturated rings. The van der Waals surface area contributed by atoms with Crippen LogP contribution in [0, 0.1) is 0 Å². The van der Waals surface area contributed by atoms with Gasteiger partial charge in [0.05, 0.1) is 17.9 Å². The van der Waals surface area contributed by atoms with Crippen molar-refractivity contribution in [3.05, 3.63) is 10.6 Å². The zero-order chi connectivity index (χ0) is 15.0. The molecule has 2 aliphatic heterocycles. The number of hydrogen-bond acceptors (Lipinski definition) is 6. The van der Waals surface area contributed by atoms with Gasteiger partial charge in [-0.05, 0) is 13.8 Å². The largest absolute Gasteiger partial charge is 0.373 e. The minimum atomic E-state index is -3.57. The number of aromatic nitrogens is 1.